The van der Waals surface area contributed by atoms with Crippen LogP contribution in [0.15, 0.2) is 18.2 Å². The van der Waals surface area contributed by atoms with Crippen LogP contribution in [0.25, 0.3) is 0 Å². The molecule has 1 aliphatic carbocycles. The highest BCUT2D eigenvalue weighted by Gasteiger charge is 2.42. The van der Waals surface area contributed by atoms with Gasteiger partial charge in [-0.05, 0) is 31.2 Å². The summed E-state index contributed by atoms with van der Waals surface area (Å²) in [6, 6.07) is 5.20. The van der Waals surface area contributed by atoms with E-state index in [1.807, 2.05) is 0 Å². The van der Waals surface area contributed by atoms with Gasteiger partial charge in [-0.1, -0.05) is 23.7 Å². The Bertz CT molecular complexity index is 512. The lowest BCUT2D eigenvalue weighted by atomic mass is 9.99. The van der Waals surface area contributed by atoms with Gasteiger partial charge in [0.25, 0.3) is 0 Å². The van der Waals surface area contributed by atoms with Crippen molar-refractivity contribution in [1.29, 1.82) is 0 Å². The molecule has 0 radical (unpaired) electrons. The number of carbonyl (C=O) groups excluding carboxylic acids is 1. The number of hydrogen-bond donors (Lipinski definition) is 2. The number of piperidine rings is 1. The molecule has 2 N–H and O–H groups in total. The first-order valence-corrected chi connectivity index (χ1v) is 6.99. The zero-order chi connectivity index (χ0) is 13.4. The van der Waals surface area contributed by atoms with Crippen LogP contribution in [-0.4, -0.2) is 18.0 Å². The Morgan fingerprint density at radius 3 is 2.90 bits per heavy atom. The highest BCUT2D eigenvalue weighted by molar-refractivity contribution is 6.30. The molecule has 20 heavy (non-hydrogen) atoms. The van der Waals surface area contributed by atoms with E-state index >= 15 is 0 Å². The van der Waals surface area contributed by atoms with E-state index in [2.05, 4.69) is 10.6 Å². The average molecular weight is 319 g/mol. The number of benzene rings is 1. The molecule has 0 spiro atoms. The molecule has 1 aromatic rings. The summed E-state index contributed by atoms with van der Waals surface area (Å²) >= 11 is 5.71. The van der Waals surface area contributed by atoms with Crippen molar-refractivity contribution < 1.29 is 9.18 Å². The van der Waals surface area contributed by atoms with Crippen molar-refractivity contribution in [2.45, 2.75) is 37.9 Å². The van der Waals surface area contributed by atoms with Crippen LogP contribution >= 0.6 is 24.0 Å². The summed E-state index contributed by atoms with van der Waals surface area (Å²) in [7, 11) is 0. The van der Waals surface area contributed by atoms with Gasteiger partial charge in [-0.15, -0.1) is 12.4 Å². The molecular formula is C14H17Cl2FN2O. The molecule has 1 amide bonds. The van der Waals surface area contributed by atoms with Crippen LogP contribution in [0, 0.1) is 11.7 Å². The fourth-order valence-corrected chi connectivity index (χ4v) is 3.32. The number of nitrogens with one attached hydrogen (secondary N) is 2. The van der Waals surface area contributed by atoms with E-state index in [4.69, 9.17) is 11.6 Å². The summed E-state index contributed by atoms with van der Waals surface area (Å²) < 4.78 is 13.7. The Labute approximate surface area is 128 Å². The van der Waals surface area contributed by atoms with Gasteiger partial charge in [-0.3, -0.25) is 4.79 Å². The predicted octanol–water partition coefficient (Wildman–Crippen LogP) is 2.66. The predicted molar refractivity (Wildman–Crippen MR) is 78.6 cm³/mol. The third-order valence-corrected chi connectivity index (χ3v) is 4.42. The summed E-state index contributed by atoms with van der Waals surface area (Å²) in [4.78, 5) is 12.1. The number of halogens is 3. The molecule has 0 aromatic heterocycles. The van der Waals surface area contributed by atoms with Crippen molar-refractivity contribution in [2.24, 2.45) is 5.92 Å². The van der Waals surface area contributed by atoms with E-state index in [1.165, 1.54) is 6.07 Å². The molecule has 2 aliphatic rings. The molecule has 1 saturated heterocycles. The Hall–Kier alpha value is -0.840. The normalized spacial score (nSPS) is 27.2. The van der Waals surface area contributed by atoms with Crippen LogP contribution < -0.4 is 10.6 Å². The van der Waals surface area contributed by atoms with Crippen LogP contribution in [-0.2, 0) is 11.3 Å². The van der Waals surface area contributed by atoms with Crippen molar-refractivity contribution in [3.63, 3.8) is 0 Å². The maximum atomic E-state index is 13.7. The maximum Gasteiger partial charge on any atom is 0.237 e. The molecule has 6 heteroatoms. The van der Waals surface area contributed by atoms with Gasteiger partial charge in [0.2, 0.25) is 5.91 Å². The molecule has 3 rings (SSSR count). The van der Waals surface area contributed by atoms with Crippen LogP contribution in [0.3, 0.4) is 0 Å². The summed E-state index contributed by atoms with van der Waals surface area (Å²) in [6.45, 7) is 0.181. The second-order valence-corrected chi connectivity index (χ2v) is 5.75. The van der Waals surface area contributed by atoms with Crippen molar-refractivity contribution >= 4 is 29.9 Å². The minimum absolute atomic E-state index is 0. The third-order valence-electron chi connectivity index (χ3n) is 4.13. The zero-order valence-corrected chi connectivity index (χ0v) is 12.4. The topological polar surface area (TPSA) is 41.1 Å². The summed E-state index contributed by atoms with van der Waals surface area (Å²) in [6.07, 6.45) is 3.36. The van der Waals surface area contributed by atoms with Gasteiger partial charge in [0.1, 0.15) is 5.82 Å². The second kappa shape index (κ2) is 6.29. The fourth-order valence-electron chi connectivity index (χ4n) is 3.13. The van der Waals surface area contributed by atoms with E-state index in [-0.39, 0.29) is 35.9 Å². The molecule has 1 saturated carbocycles. The molecule has 2 bridgehead atoms. The lowest BCUT2D eigenvalue weighted by molar-refractivity contribution is -0.124. The van der Waals surface area contributed by atoms with E-state index in [0.29, 0.717) is 17.5 Å². The Morgan fingerprint density at radius 2 is 2.25 bits per heavy atom. The Kier molecular flexibility index (Phi) is 4.89. The summed E-state index contributed by atoms with van der Waals surface area (Å²) in [5.74, 6) is -0.0499. The van der Waals surface area contributed by atoms with E-state index in [1.54, 1.807) is 12.1 Å². The molecule has 2 fully saturated rings. The SMILES string of the molecule is Cl.O=C(NCc1cccc(Cl)c1F)[C@H]1N[C@@H]2CC[C@H]1C2. The molecule has 110 valence electrons. The molecule has 3 nitrogen and oxygen atoms in total. The third kappa shape index (κ3) is 2.92. The smallest absolute Gasteiger partial charge is 0.237 e. The lowest BCUT2D eigenvalue weighted by Gasteiger charge is -2.22. The maximum absolute atomic E-state index is 13.7. The highest BCUT2D eigenvalue weighted by atomic mass is 35.5. The number of carbonyl (C=O) groups is 1. The number of hydrogen-bond acceptors (Lipinski definition) is 2. The number of fused-ring (bicyclic) bond motifs is 2. The largest absolute Gasteiger partial charge is 0.351 e. The quantitative estimate of drug-likeness (QED) is 0.899. The first kappa shape index (κ1) is 15.5. The second-order valence-electron chi connectivity index (χ2n) is 5.35. The van der Waals surface area contributed by atoms with Gasteiger partial charge in [0.05, 0.1) is 11.1 Å². The monoisotopic (exact) mass is 318 g/mol. The summed E-state index contributed by atoms with van der Waals surface area (Å²) in [5.41, 5.74) is 0.420. The molecule has 1 heterocycles. The van der Waals surface area contributed by atoms with Crippen molar-refractivity contribution in [1.82, 2.24) is 10.6 Å². The minimum atomic E-state index is -0.453. The van der Waals surface area contributed by atoms with Crippen molar-refractivity contribution in [2.75, 3.05) is 0 Å². The number of rotatable bonds is 3. The summed E-state index contributed by atoms with van der Waals surface area (Å²) in [5, 5.41) is 6.20. The average Bonchev–Trinajstić information content (AvgIpc) is 3.02. The molecule has 1 aromatic carbocycles. The van der Waals surface area contributed by atoms with Crippen molar-refractivity contribution in [3.8, 4) is 0 Å². The zero-order valence-electron chi connectivity index (χ0n) is 10.9. The Morgan fingerprint density at radius 1 is 1.45 bits per heavy atom. The molecule has 3 atom stereocenters. The van der Waals surface area contributed by atoms with E-state index in [9.17, 15) is 9.18 Å². The van der Waals surface area contributed by atoms with Crippen molar-refractivity contribution in [3.05, 3.63) is 34.6 Å². The fraction of sp³-hybridized carbons (Fsp3) is 0.500. The Balaban J connectivity index is 0.00000147. The van der Waals surface area contributed by atoms with Gasteiger partial charge < -0.3 is 10.6 Å². The first-order valence-electron chi connectivity index (χ1n) is 6.62. The van der Waals surface area contributed by atoms with Crippen LogP contribution in [0.2, 0.25) is 5.02 Å². The first-order chi connectivity index (χ1) is 9.15. The van der Waals surface area contributed by atoms with Gasteiger partial charge in [-0.25, -0.2) is 4.39 Å². The molecule has 1 aliphatic heterocycles. The highest BCUT2D eigenvalue weighted by Crippen LogP contribution is 2.35. The van der Waals surface area contributed by atoms with Gasteiger partial charge >= 0.3 is 0 Å². The minimum Gasteiger partial charge on any atom is -0.351 e. The standard InChI is InChI=1S/C14H16ClFN2O.ClH/c15-11-3-1-2-9(12(11)16)7-17-14(19)13-8-4-5-10(6-8)18-13;/h1-3,8,10,13,18H,4-7H2,(H,17,19);1H/t8-,10+,13-;/m0./s1. The van der Waals surface area contributed by atoms with Crippen LogP contribution in [0.1, 0.15) is 24.8 Å². The van der Waals surface area contributed by atoms with Gasteiger partial charge in [0.15, 0.2) is 0 Å². The number of amides is 1. The van der Waals surface area contributed by atoms with Gasteiger partial charge in [-0.2, -0.15) is 0 Å². The molecule has 0 unspecified atom stereocenters. The van der Waals surface area contributed by atoms with E-state index < -0.39 is 5.82 Å². The van der Waals surface area contributed by atoms with Crippen LogP contribution in [0.5, 0.6) is 0 Å². The van der Waals surface area contributed by atoms with E-state index in [0.717, 1.165) is 19.3 Å². The molecular weight excluding hydrogens is 302 g/mol. The lowest BCUT2D eigenvalue weighted by Crippen LogP contribution is -2.47. The van der Waals surface area contributed by atoms with Crippen LogP contribution in [0.4, 0.5) is 4.39 Å². The van der Waals surface area contributed by atoms with Gasteiger partial charge in [0, 0.05) is 18.2 Å².